The molecular formula is C27H36F3N5O6. The number of nitrogens with two attached hydrogens (primary N) is 1. The predicted molar refractivity (Wildman–Crippen MR) is 139 cm³/mol. The minimum absolute atomic E-state index is 0.0920. The molecule has 1 aromatic rings. The van der Waals surface area contributed by atoms with Gasteiger partial charge in [0.15, 0.2) is 0 Å². The summed E-state index contributed by atoms with van der Waals surface area (Å²) in [6.07, 6.45) is -4.89. The third kappa shape index (κ3) is 5.97. The van der Waals surface area contributed by atoms with Gasteiger partial charge in [0.25, 0.3) is 5.56 Å². The number of alkyl halides is 3. The molecule has 11 nitrogen and oxygen atoms in total. The zero-order valence-electron chi connectivity index (χ0n) is 23.6. The van der Waals surface area contributed by atoms with E-state index in [-0.39, 0.29) is 42.4 Å². The van der Waals surface area contributed by atoms with Gasteiger partial charge in [0, 0.05) is 30.6 Å². The van der Waals surface area contributed by atoms with E-state index in [0.29, 0.717) is 13.0 Å². The van der Waals surface area contributed by atoms with Gasteiger partial charge in [-0.2, -0.15) is 13.2 Å². The summed E-state index contributed by atoms with van der Waals surface area (Å²) in [6.45, 7) is 9.19. The topological polar surface area (TPSA) is 164 Å². The molecule has 41 heavy (non-hydrogen) atoms. The fourth-order valence-electron chi connectivity index (χ4n) is 6.06. The van der Waals surface area contributed by atoms with Crippen LogP contribution in [0.5, 0.6) is 0 Å². The maximum Gasteiger partial charge on any atom is 0.471 e. The Hall–Kier alpha value is -3.42. The van der Waals surface area contributed by atoms with Gasteiger partial charge in [0.1, 0.15) is 18.1 Å². The number of hydrogen-bond donors (Lipinski definition) is 4. The molecule has 2 aliphatic heterocycles. The standard InChI is InChI=1S/C27H36F3N5O6/c1-25(2,3)19(34-24(40)27(28,29)30)23(39)35-10-14-17(26(14,4)5)18(35)22(38)33-16(20(31)36)9-12-8-13-11-41-7-6-15(13)32-21(12)37/h8,14,16-19H,6-7,9-11H2,1-5H3,(H2,31,36)(H,32,37)(H,33,38)(H,34,40)/t14-,16?,17-,18-,19+/m0/s1. The summed E-state index contributed by atoms with van der Waals surface area (Å²) in [7, 11) is 0. The Morgan fingerprint density at radius 3 is 2.44 bits per heavy atom. The molecule has 1 aliphatic carbocycles. The Morgan fingerprint density at radius 2 is 1.85 bits per heavy atom. The number of H-pyrrole nitrogens is 1. The molecule has 0 radical (unpaired) electrons. The van der Waals surface area contributed by atoms with Crippen LogP contribution in [-0.4, -0.2) is 71.0 Å². The SMILES string of the molecule is CC(C)(C)[C@H](NC(=O)C(F)(F)F)C(=O)N1C[C@H]2[C@@H]([C@H]1C(=O)NC(Cc1cc3c([nH]c1=O)CCOC3)C(N)=O)C2(C)C. The van der Waals surface area contributed by atoms with E-state index in [2.05, 4.69) is 10.3 Å². The monoisotopic (exact) mass is 583 g/mol. The number of amides is 4. The van der Waals surface area contributed by atoms with E-state index in [0.717, 1.165) is 11.3 Å². The lowest BCUT2D eigenvalue weighted by atomic mass is 9.85. The highest BCUT2D eigenvalue weighted by Crippen LogP contribution is 2.65. The third-order valence-electron chi connectivity index (χ3n) is 8.54. The van der Waals surface area contributed by atoms with E-state index in [1.54, 1.807) is 11.4 Å². The number of halogens is 3. The molecule has 1 saturated heterocycles. The lowest BCUT2D eigenvalue weighted by Crippen LogP contribution is -2.61. The van der Waals surface area contributed by atoms with Crippen molar-refractivity contribution in [3.63, 3.8) is 0 Å². The van der Waals surface area contributed by atoms with Crippen molar-refractivity contribution in [2.24, 2.45) is 28.4 Å². The fraction of sp³-hybridized carbons (Fsp3) is 0.667. The van der Waals surface area contributed by atoms with Crippen molar-refractivity contribution in [1.82, 2.24) is 20.5 Å². The van der Waals surface area contributed by atoms with E-state index in [1.165, 1.54) is 25.7 Å². The van der Waals surface area contributed by atoms with Gasteiger partial charge < -0.3 is 31.0 Å². The number of carbonyl (C=O) groups excluding carboxylic acids is 4. The minimum Gasteiger partial charge on any atom is -0.376 e. The summed E-state index contributed by atoms with van der Waals surface area (Å²) in [5.74, 6) is -5.15. The number of hydrogen-bond acceptors (Lipinski definition) is 6. The Kier molecular flexibility index (Phi) is 7.78. The molecule has 1 saturated carbocycles. The number of pyridine rings is 1. The van der Waals surface area contributed by atoms with Gasteiger partial charge in [0.05, 0.1) is 13.2 Å². The summed E-state index contributed by atoms with van der Waals surface area (Å²) in [6, 6.07) is -2.38. The molecule has 0 aromatic carbocycles. The lowest BCUT2D eigenvalue weighted by molar-refractivity contribution is -0.176. The summed E-state index contributed by atoms with van der Waals surface area (Å²) >= 11 is 0. The molecule has 2 fully saturated rings. The van der Waals surface area contributed by atoms with Gasteiger partial charge in [-0.25, -0.2) is 0 Å². The van der Waals surface area contributed by atoms with E-state index in [1.807, 2.05) is 13.8 Å². The second kappa shape index (κ2) is 10.4. The van der Waals surface area contributed by atoms with Crippen molar-refractivity contribution in [1.29, 1.82) is 0 Å². The summed E-state index contributed by atoms with van der Waals surface area (Å²) < 4.78 is 44.6. The molecule has 1 aromatic heterocycles. The molecule has 0 spiro atoms. The minimum atomic E-state index is -5.20. The summed E-state index contributed by atoms with van der Waals surface area (Å²) in [5, 5.41) is 4.37. The first-order valence-electron chi connectivity index (χ1n) is 13.4. The highest BCUT2D eigenvalue weighted by Gasteiger charge is 2.70. The summed E-state index contributed by atoms with van der Waals surface area (Å²) in [5.41, 5.74) is 5.40. The first-order valence-corrected chi connectivity index (χ1v) is 13.4. The van der Waals surface area contributed by atoms with E-state index < -0.39 is 58.9 Å². The second-order valence-electron chi connectivity index (χ2n) is 12.8. The number of aromatic nitrogens is 1. The van der Waals surface area contributed by atoms with Crippen LogP contribution in [0.25, 0.3) is 0 Å². The zero-order valence-corrected chi connectivity index (χ0v) is 23.6. The van der Waals surface area contributed by atoms with Crippen molar-refractivity contribution in [2.45, 2.75) is 78.4 Å². The average molecular weight is 584 g/mol. The van der Waals surface area contributed by atoms with Crippen molar-refractivity contribution < 1.29 is 37.1 Å². The zero-order chi connectivity index (χ0) is 30.7. The molecule has 3 heterocycles. The van der Waals surface area contributed by atoms with E-state index in [9.17, 15) is 37.1 Å². The molecule has 3 aliphatic rings. The Morgan fingerprint density at radius 1 is 1.20 bits per heavy atom. The molecule has 4 rings (SSSR count). The van der Waals surface area contributed by atoms with Crippen LogP contribution in [0.3, 0.4) is 0 Å². The quantitative estimate of drug-likeness (QED) is 0.366. The molecule has 1 unspecified atom stereocenters. The van der Waals surface area contributed by atoms with E-state index in [4.69, 9.17) is 10.5 Å². The molecule has 5 atom stereocenters. The molecule has 4 amide bonds. The Balaban J connectivity index is 1.58. The number of likely N-dealkylation sites (tertiary alicyclic amines) is 1. The van der Waals surface area contributed by atoms with Gasteiger partial charge in [-0.05, 0) is 34.3 Å². The van der Waals surface area contributed by atoms with Gasteiger partial charge in [-0.1, -0.05) is 34.6 Å². The van der Waals surface area contributed by atoms with Gasteiger partial charge >= 0.3 is 12.1 Å². The average Bonchev–Trinajstić information content (AvgIpc) is 3.18. The van der Waals surface area contributed by atoms with Gasteiger partial charge in [-0.3, -0.25) is 24.0 Å². The van der Waals surface area contributed by atoms with Crippen LogP contribution < -0.4 is 21.9 Å². The highest BCUT2D eigenvalue weighted by molar-refractivity contribution is 5.96. The molecule has 0 bridgehead atoms. The van der Waals surface area contributed by atoms with E-state index >= 15 is 0 Å². The second-order valence-corrected chi connectivity index (χ2v) is 12.8. The molecular weight excluding hydrogens is 547 g/mol. The maximum absolute atomic E-state index is 13.7. The number of piperidine rings is 1. The Bertz CT molecular complexity index is 1320. The van der Waals surface area contributed by atoms with Crippen LogP contribution in [0, 0.1) is 22.7 Å². The predicted octanol–water partition coefficient (Wildman–Crippen LogP) is 0.536. The number of nitrogens with zero attached hydrogens (tertiary/aromatic N) is 1. The summed E-state index contributed by atoms with van der Waals surface area (Å²) in [4.78, 5) is 68.1. The van der Waals surface area contributed by atoms with Crippen molar-refractivity contribution in [3.8, 4) is 0 Å². The number of ether oxygens (including phenoxy) is 1. The number of nitrogens with one attached hydrogen (secondary N) is 3. The van der Waals surface area contributed by atoms with Crippen LogP contribution >= 0.6 is 0 Å². The maximum atomic E-state index is 13.7. The lowest BCUT2D eigenvalue weighted by Gasteiger charge is -2.38. The number of carbonyl (C=O) groups is 4. The van der Waals surface area contributed by atoms with Crippen LogP contribution in [0.2, 0.25) is 0 Å². The smallest absolute Gasteiger partial charge is 0.376 e. The molecule has 5 N–H and O–H groups in total. The number of aromatic amines is 1. The third-order valence-corrected chi connectivity index (χ3v) is 8.54. The highest BCUT2D eigenvalue weighted by atomic mass is 19.4. The number of fused-ring (bicyclic) bond motifs is 2. The van der Waals surface area contributed by atoms with Gasteiger partial charge in [-0.15, -0.1) is 0 Å². The normalized spacial score (nSPS) is 24.5. The van der Waals surface area contributed by atoms with Crippen molar-refractivity contribution in [3.05, 3.63) is 33.2 Å². The molecule has 14 heteroatoms. The van der Waals surface area contributed by atoms with Crippen LogP contribution in [0.1, 0.15) is 51.4 Å². The fourth-order valence-corrected chi connectivity index (χ4v) is 6.06. The first kappa shape index (κ1) is 30.5. The number of primary amides is 1. The Labute approximate surface area is 234 Å². The van der Waals surface area contributed by atoms with Crippen molar-refractivity contribution in [2.75, 3.05) is 13.2 Å². The van der Waals surface area contributed by atoms with Crippen LogP contribution in [0.4, 0.5) is 13.2 Å². The van der Waals surface area contributed by atoms with Gasteiger partial charge in [0.2, 0.25) is 17.7 Å². The van der Waals surface area contributed by atoms with Crippen molar-refractivity contribution >= 4 is 23.6 Å². The van der Waals surface area contributed by atoms with Crippen LogP contribution in [-0.2, 0) is 43.4 Å². The largest absolute Gasteiger partial charge is 0.471 e. The molecule has 226 valence electrons. The number of rotatable bonds is 7. The van der Waals surface area contributed by atoms with Crippen LogP contribution in [0.15, 0.2) is 10.9 Å². The first-order chi connectivity index (χ1) is 18.8.